The molecule has 2 heteroatoms. The molecular weight excluding hydrogens is 244 g/mol. The van der Waals surface area contributed by atoms with Crippen LogP contribution in [0.4, 0.5) is 0 Å². The molecule has 1 saturated heterocycles. The average molecular weight is 274 g/mol. The van der Waals surface area contributed by atoms with Crippen LogP contribution >= 0.6 is 0 Å². The third kappa shape index (κ3) is 3.62. The van der Waals surface area contributed by atoms with E-state index in [0.717, 1.165) is 19.0 Å². The molecule has 0 amide bonds. The van der Waals surface area contributed by atoms with E-state index in [1.165, 1.54) is 30.5 Å². The first-order valence-electron chi connectivity index (χ1n) is 8.16. The Bertz CT molecular complexity index is 416. The Labute approximate surface area is 124 Å². The van der Waals surface area contributed by atoms with E-state index in [2.05, 4.69) is 62.2 Å². The Hall–Kier alpha value is -0.860. The molecule has 0 spiro atoms. The molecule has 1 aromatic carbocycles. The van der Waals surface area contributed by atoms with Crippen molar-refractivity contribution in [1.29, 1.82) is 0 Å². The molecule has 2 rings (SSSR count). The monoisotopic (exact) mass is 274 g/mol. The van der Waals surface area contributed by atoms with Crippen molar-refractivity contribution in [2.24, 2.45) is 5.92 Å². The van der Waals surface area contributed by atoms with Gasteiger partial charge in [0.25, 0.3) is 0 Å². The van der Waals surface area contributed by atoms with Gasteiger partial charge in [0, 0.05) is 18.6 Å². The highest BCUT2D eigenvalue weighted by molar-refractivity contribution is 5.29. The zero-order chi connectivity index (χ0) is 14.5. The molecular formula is C18H30N2. The summed E-state index contributed by atoms with van der Waals surface area (Å²) in [4.78, 5) is 2.67. The molecule has 3 atom stereocenters. The number of aryl methyl sites for hydroxylation is 1. The molecule has 1 fully saturated rings. The van der Waals surface area contributed by atoms with Crippen molar-refractivity contribution < 1.29 is 0 Å². The van der Waals surface area contributed by atoms with Crippen LogP contribution in [0.3, 0.4) is 0 Å². The van der Waals surface area contributed by atoms with Crippen molar-refractivity contribution in [2.75, 3.05) is 19.6 Å². The highest BCUT2D eigenvalue weighted by Crippen LogP contribution is 2.26. The van der Waals surface area contributed by atoms with Gasteiger partial charge >= 0.3 is 0 Å². The quantitative estimate of drug-likeness (QED) is 0.879. The van der Waals surface area contributed by atoms with Crippen LogP contribution in [0.15, 0.2) is 24.3 Å². The molecule has 112 valence electrons. The second kappa shape index (κ2) is 7.24. The predicted octanol–water partition coefficient (Wildman–Crippen LogP) is 3.77. The minimum Gasteiger partial charge on any atom is -0.309 e. The van der Waals surface area contributed by atoms with Crippen molar-refractivity contribution in [2.45, 2.75) is 52.6 Å². The molecule has 20 heavy (non-hydrogen) atoms. The summed E-state index contributed by atoms with van der Waals surface area (Å²) in [6.45, 7) is 12.6. The van der Waals surface area contributed by atoms with Gasteiger partial charge in [0.05, 0.1) is 0 Å². The number of hydrogen-bond donors (Lipinski definition) is 1. The molecule has 0 saturated carbocycles. The predicted molar refractivity (Wildman–Crippen MR) is 87.0 cm³/mol. The molecule has 1 aliphatic rings. The Balaban J connectivity index is 2.11. The number of likely N-dealkylation sites (N-methyl/N-ethyl adjacent to an activating group) is 1. The number of likely N-dealkylation sites (tertiary alicyclic amines) is 1. The molecule has 2 nitrogen and oxygen atoms in total. The van der Waals surface area contributed by atoms with Crippen LogP contribution < -0.4 is 5.32 Å². The van der Waals surface area contributed by atoms with E-state index in [9.17, 15) is 0 Å². The molecule has 0 bridgehead atoms. The van der Waals surface area contributed by atoms with Crippen LogP contribution in [0.1, 0.15) is 50.8 Å². The number of nitrogens with zero attached hydrogens (tertiary/aromatic N) is 1. The van der Waals surface area contributed by atoms with Crippen LogP contribution in [-0.4, -0.2) is 30.6 Å². The topological polar surface area (TPSA) is 15.3 Å². The van der Waals surface area contributed by atoms with Gasteiger partial charge in [-0.3, -0.25) is 4.90 Å². The van der Waals surface area contributed by atoms with Gasteiger partial charge in [0.1, 0.15) is 0 Å². The van der Waals surface area contributed by atoms with E-state index >= 15 is 0 Å². The van der Waals surface area contributed by atoms with Crippen LogP contribution in [0.5, 0.6) is 0 Å². The molecule has 3 unspecified atom stereocenters. The fraction of sp³-hybridized carbons (Fsp3) is 0.667. The van der Waals surface area contributed by atoms with Crippen LogP contribution in [0.2, 0.25) is 0 Å². The molecule has 1 N–H and O–H groups in total. The third-order valence-electron chi connectivity index (χ3n) is 4.94. The maximum absolute atomic E-state index is 3.68. The lowest BCUT2D eigenvalue weighted by Crippen LogP contribution is -2.46. The summed E-state index contributed by atoms with van der Waals surface area (Å²) in [6, 6.07) is 9.95. The summed E-state index contributed by atoms with van der Waals surface area (Å²) in [5.41, 5.74) is 2.86. The van der Waals surface area contributed by atoms with Crippen molar-refractivity contribution >= 4 is 0 Å². The van der Waals surface area contributed by atoms with Crippen LogP contribution in [0.25, 0.3) is 0 Å². The van der Waals surface area contributed by atoms with E-state index in [-0.39, 0.29) is 0 Å². The fourth-order valence-corrected chi connectivity index (χ4v) is 3.41. The Morgan fingerprint density at radius 3 is 2.75 bits per heavy atom. The third-order valence-corrected chi connectivity index (χ3v) is 4.94. The van der Waals surface area contributed by atoms with E-state index in [0.29, 0.717) is 12.1 Å². The lowest BCUT2D eigenvalue weighted by atomic mass is 9.91. The number of piperidine rings is 1. The van der Waals surface area contributed by atoms with E-state index in [1.54, 1.807) is 0 Å². The number of nitrogens with one attached hydrogen (secondary N) is 1. The summed E-state index contributed by atoms with van der Waals surface area (Å²) in [5, 5.41) is 3.68. The average Bonchev–Trinajstić information content (AvgIpc) is 2.44. The fourth-order valence-electron chi connectivity index (χ4n) is 3.41. The second-order valence-corrected chi connectivity index (χ2v) is 6.32. The number of benzene rings is 1. The highest BCUT2D eigenvalue weighted by atomic mass is 15.2. The van der Waals surface area contributed by atoms with Gasteiger partial charge in [-0.25, -0.2) is 0 Å². The van der Waals surface area contributed by atoms with Crippen molar-refractivity contribution in [3.8, 4) is 0 Å². The van der Waals surface area contributed by atoms with E-state index in [4.69, 9.17) is 0 Å². The largest absolute Gasteiger partial charge is 0.309 e. The van der Waals surface area contributed by atoms with E-state index < -0.39 is 0 Å². The number of rotatable bonds is 5. The van der Waals surface area contributed by atoms with Gasteiger partial charge in [-0.2, -0.15) is 0 Å². The Morgan fingerprint density at radius 1 is 1.30 bits per heavy atom. The second-order valence-electron chi connectivity index (χ2n) is 6.32. The summed E-state index contributed by atoms with van der Waals surface area (Å²) in [5.74, 6) is 0.822. The van der Waals surface area contributed by atoms with Crippen LogP contribution in [0, 0.1) is 12.8 Å². The first-order chi connectivity index (χ1) is 9.63. The van der Waals surface area contributed by atoms with Gasteiger partial charge in [-0.05, 0) is 56.8 Å². The highest BCUT2D eigenvalue weighted by Gasteiger charge is 2.27. The molecule has 1 heterocycles. The normalized spacial score (nSPS) is 25.6. The van der Waals surface area contributed by atoms with Gasteiger partial charge in [0.15, 0.2) is 0 Å². The molecule has 0 radical (unpaired) electrons. The first-order valence-corrected chi connectivity index (χ1v) is 8.16. The lowest BCUT2D eigenvalue weighted by molar-refractivity contribution is 0.102. The Morgan fingerprint density at radius 2 is 2.05 bits per heavy atom. The molecule has 1 aliphatic heterocycles. The van der Waals surface area contributed by atoms with Gasteiger partial charge in [-0.15, -0.1) is 0 Å². The number of hydrogen-bond acceptors (Lipinski definition) is 2. The lowest BCUT2D eigenvalue weighted by Gasteiger charge is -2.40. The summed E-state index contributed by atoms with van der Waals surface area (Å²) in [6.07, 6.45) is 2.73. The Kier molecular flexibility index (Phi) is 5.62. The van der Waals surface area contributed by atoms with Crippen molar-refractivity contribution in [3.05, 3.63) is 35.4 Å². The zero-order valence-electron chi connectivity index (χ0n) is 13.5. The first kappa shape index (κ1) is 15.5. The standard InChI is InChI=1S/C18H30N2/c1-5-19-18(17-11-7-6-9-15(17)3)13-20-12-8-10-14(2)16(20)4/h6-7,9,11,14,16,18-19H,5,8,10,12-13H2,1-4H3. The molecule has 0 aromatic heterocycles. The van der Waals surface area contributed by atoms with Gasteiger partial charge < -0.3 is 5.32 Å². The van der Waals surface area contributed by atoms with Crippen LogP contribution in [-0.2, 0) is 0 Å². The summed E-state index contributed by atoms with van der Waals surface area (Å²) >= 11 is 0. The minimum atomic E-state index is 0.453. The summed E-state index contributed by atoms with van der Waals surface area (Å²) < 4.78 is 0. The van der Waals surface area contributed by atoms with Gasteiger partial charge in [0.2, 0.25) is 0 Å². The summed E-state index contributed by atoms with van der Waals surface area (Å²) in [7, 11) is 0. The van der Waals surface area contributed by atoms with Crippen molar-refractivity contribution in [1.82, 2.24) is 10.2 Å². The molecule has 0 aliphatic carbocycles. The maximum atomic E-state index is 3.68. The zero-order valence-corrected chi connectivity index (χ0v) is 13.5. The minimum absolute atomic E-state index is 0.453. The van der Waals surface area contributed by atoms with Crippen molar-refractivity contribution in [3.63, 3.8) is 0 Å². The van der Waals surface area contributed by atoms with Gasteiger partial charge in [-0.1, -0.05) is 38.1 Å². The maximum Gasteiger partial charge on any atom is 0.0451 e. The molecule has 1 aromatic rings. The van der Waals surface area contributed by atoms with E-state index in [1.807, 2.05) is 0 Å². The smallest absolute Gasteiger partial charge is 0.0451 e. The SMILES string of the molecule is CCNC(CN1CCCC(C)C1C)c1ccccc1C.